The van der Waals surface area contributed by atoms with Gasteiger partial charge in [-0.05, 0) is 51.0 Å². The summed E-state index contributed by atoms with van der Waals surface area (Å²) < 4.78 is 54.4. The lowest BCUT2D eigenvalue weighted by atomic mass is 10.1. The van der Waals surface area contributed by atoms with Crippen LogP contribution in [0.2, 0.25) is 0 Å². The summed E-state index contributed by atoms with van der Waals surface area (Å²) in [6.07, 6.45) is 5.76. The highest BCUT2D eigenvalue weighted by atomic mass is 32.2. The summed E-state index contributed by atoms with van der Waals surface area (Å²) in [5.74, 6) is 1.06. The van der Waals surface area contributed by atoms with E-state index in [4.69, 9.17) is 19.5 Å². The van der Waals surface area contributed by atoms with E-state index in [9.17, 15) is 12.6 Å². The zero-order valence-electron chi connectivity index (χ0n) is 22.0. The Morgan fingerprint density at radius 3 is 2.49 bits per heavy atom. The molecule has 39 heavy (non-hydrogen) atoms. The first kappa shape index (κ1) is 25.9. The number of fused-ring (bicyclic) bond motifs is 1. The molecule has 3 aromatic heterocycles. The van der Waals surface area contributed by atoms with Gasteiger partial charge in [0.25, 0.3) is 10.0 Å². The van der Waals surface area contributed by atoms with Crippen LogP contribution in [0.1, 0.15) is 31.0 Å². The Labute approximate surface area is 228 Å². The fourth-order valence-electron chi connectivity index (χ4n) is 5.19. The van der Waals surface area contributed by atoms with E-state index in [-0.39, 0.29) is 16.6 Å². The lowest BCUT2D eigenvalue weighted by molar-refractivity contribution is 0.0985. The van der Waals surface area contributed by atoms with Crippen LogP contribution < -0.4 is 4.90 Å². The Kier molecular flexibility index (Phi) is 6.05. The first-order valence-electron chi connectivity index (χ1n) is 12.8. The zero-order valence-corrected chi connectivity index (χ0v) is 23.6. The molecule has 12 heteroatoms. The van der Waals surface area contributed by atoms with Crippen molar-refractivity contribution in [2.24, 2.45) is 0 Å². The minimum atomic E-state index is -3.88. The molecule has 204 valence electrons. The molecule has 0 amide bonds. The molecule has 1 saturated heterocycles. The molecule has 1 unspecified atom stereocenters. The monoisotopic (exact) mass is 566 g/mol. The third-order valence-corrected chi connectivity index (χ3v) is 11.5. The van der Waals surface area contributed by atoms with Gasteiger partial charge in [0.15, 0.2) is 11.5 Å². The number of nitrogens with one attached hydrogen (secondary N) is 1. The van der Waals surface area contributed by atoms with E-state index in [1.165, 1.54) is 16.4 Å². The summed E-state index contributed by atoms with van der Waals surface area (Å²) in [6.45, 7) is 5.72. The van der Waals surface area contributed by atoms with Gasteiger partial charge in [0, 0.05) is 42.2 Å². The molecule has 1 saturated carbocycles. The summed E-state index contributed by atoms with van der Waals surface area (Å²) in [5.41, 5.74) is 2.43. The fourth-order valence-corrected chi connectivity index (χ4v) is 7.88. The first-order valence-corrected chi connectivity index (χ1v) is 16.2. The molecule has 10 nitrogen and oxygen atoms in total. The highest BCUT2D eigenvalue weighted by molar-refractivity contribution is 7.93. The molecule has 2 fully saturated rings. The van der Waals surface area contributed by atoms with Crippen LogP contribution in [0.25, 0.3) is 22.4 Å². The van der Waals surface area contributed by atoms with Gasteiger partial charge >= 0.3 is 0 Å². The van der Waals surface area contributed by atoms with Crippen molar-refractivity contribution in [3.05, 3.63) is 66.1 Å². The topological polar surface area (TPSA) is 131 Å². The maximum Gasteiger partial charge on any atom is 0.269 e. The van der Waals surface area contributed by atoms with Crippen molar-refractivity contribution in [3.8, 4) is 11.4 Å². The van der Waals surface area contributed by atoms with E-state index in [0.29, 0.717) is 60.9 Å². The summed E-state index contributed by atoms with van der Waals surface area (Å²) in [6, 6.07) is 12.1. The Bertz CT molecular complexity index is 1800. The summed E-state index contributed by atoms with van der Waals surface area (Å²) >= 11 is 0. The largest absolute Gasteiger partial charge is 0.377 e. The Hall–Kier alpha value is -3.35. The number of hydrogen-bond donors (Lipinski definition) is 1. The molecule has 1 N–H and O–H groups in total. The van der Waals surface area contributed by atoms with Gasteiger partial charge in [0.2, 0.25) is 0 Å². The molecule has 0 radical (unpaired) electrons. The number of hydrogen-bond acceptors (Lipinski definition) is 9. The van der Waals surface area contributed by atoms with Gasteiger partial charge in [-0.1, -0.05) is 17.7 Å². The summed E-state index contributed by atoms with van der Waals surface area (Å²) in [7, 11) is -6.81. The molecule has 2 atom stereocenters. The number of benzene rings is 1. The summed E-state index contributed by atoms with van der Waals surface area (Å²) in [5, 5.41) is 0.583. The summed E-state index contributed by atoms with van der Waals surface area (Å²) in [4.78, 5) is 16.5. The molecular formula is C27H30N6O4S2. The van der Waals surface area contributed by atoms with Crippen molar-refractivity contribution in [2.45, 2.75) is 42.4 Å². The molecule has 0 spiro atoms. The van der Waals surface area contributed by atoms with Crippen molar-refractivity contribution >= 4 is 36.6 Å². The molecular weight excluding hydrogens is 536 g/mol. The normalized spacial score (nSPS) is 20.6. The predicted molar refractivity (Wildman–Crippen MR) is 150 cm³/mol. The van der Waals surface area contributed by atoms with Crippen molar-refractivity contribution in [1.82, 2.24) is 18.9 Å². The van der Waals surface area contributed by atoms with Gasteiger partial charge in [-0.3, -0.25) is 4.78 Å². The number of aromatic nitrogens is 4. The maximum absolute atomic E-state index is 13.5. The number of morpholine rings is 1. The zero-order chi connectivity index (χ0) is 27.6. The van der Waals surface area contributed by atoms with Gasteiger partial charge in [0.05, 0.1) is 44.3 Å². The second kappa shape index (κ2) is 9.10. The van der Waals surface area contributed by atoms with E-state index in [1.807, 2.05) is 13.0 Å². The maximum atomic E-state index is 13.5. The Morgan fingerprint density at radius 1 is 1.08 bits per heavy atom. The highest BCUT2D eigenvalue weighted by Crippen LogP contribution is 2.52. The van der Waals surface area contributed by atoms with Gasteiger partial charge in [-0.15, -0.1) is 0 Å². The second-order valence-corrected chi connectivity index (χ2v) is 14.7. The molecule has 1 aromatic carbocycles. The number of ether oxygens (including phenoxy) is 1. The van der Waals surface area contributed by atoms with E-state index in [0.717, 1.165) is 5.56 Å². The molecule has 4 aromatic rings. The number of pyridine rings is 1. The average molecular weight is 567 g/mol. The smallest absolute Gasteiger partial charge is 0.269 e. The number of rotatable bonds is 6. The standard InChI is InChI=1S/C27H30N6O4S2/c1-18-4-6-20(7-5-18)39(35,36)33-13-9-22-21(8-12-29-26(22)33)25-30-23(27(10-11-27)38(3,28)34)16-24(31-25)32-14-15-37-17-19(32)2/h4-9,12-13,16,19,28H,10-11,14-15,17H2,1-3H3/t19-,38?/m1/s1. The van der Waals surface area contributed by atoms with Crippen LogP contribution in [0.3, 0.4) is 0 Å². The number of anilines is 1. The molecule has 6 rings (SSSR count). The van der Waals surface area contributed by atoms with E-state index in [1.54, 1.807) is 42.6 Å². The van der Waals surface area contributed by atoms with Crippen LogP contribution in [0, 0.1) is 11.7 Å². The van der Waals surface area contributed by atoms with Crippen LogP contribution in [-0.4, -0.2) is 63.6 Å². The van der Waals surface area contributed by atoms with Gasteiger partial charge in [-0.25, -0.2) is 31.6 Å². The third-order valence-electron chi connectivity index (χ3n) is 7.66. The third kappa shape index (κ3) is 4.30. The van der Waals surface area contributed by atoms with E-state index in [2.05, 4.69) is 16.8 Å². The van der Waals surface area contributed by atoms with Crippen LogP contribution in [0.5, 0.6) is 0 Å². The molecule has 4 heterocycles. The molecule has 1 aliphatic heterocycles. The van der Waals surface area contributed by atoms with Crippen molar-refractivity contribution in [1.29, 1.82) is 4.78 Å². The van der Waals surface area contributed by atoms with Crippen molar-refractivity contribution in [2.75, 3.05) is 30.9 Å². The van der Waals surface area contributed by atoms with Crippen LogP contribution >= 0.6 is 0 Å². The lowest BCUT2D eigenvalue weighted by Gasteiger charge is -2.35. The molecule has 1 aliphatic carbocycles. The van der Waals surface area contributed by atoms with Gasteiger partial charge < -0.3 is 9.64 Å². The van der Waals surface area contributed by atoms with Gasteiger partial charge in [-0.2, -0.15) is 0 Å². The minimum absolute atomic E-state index is 0.0738. The fraction of sp³-hybridized carbons (Fsp3) is 0.370. The van der Waals surface area contributed by atoms with Crippen LogP contribution in [-0.2, 0) is 29.2 Å². The van der Waals surface area contributed by atoms with E-state index < -0.39 is 24.5 Å². The SMILES string of the molecule is Cc1ccc(S(=O)(=O)n2ccc3c(-c4nc(N5CCOC[C@H]5C)cc(C5(S(C)(=N)=O)CC5)n4)ccnc32)cc1. The minimum Gasteiger partial charge on any atom is -0.377 e. The Balaban J connectivity index is 1.53. The quantitative estimate of drug-likeness (QED) is 0.371. The first-order chi connectivity index (χ1) is 18.5. The van der Waals surface area contributed by atoms with E-state index >= 15 is 0 Å². The predicted octanol–water partition coefficient (Wildman–Crippen LogP) is 3.93. The highest BCUT2D eigenvalue weighted by Gasteiger charge is 2.53. The second-order valence-electron chi connectivity index (χ2n) is 10.4. The van der Waals surface area contributed by atoms with Gasteiger partial charge in [0.1, 0.15) is 5.82 Å². The average Bonchev–Trinajstić information content (AvgIpc) is 3.62. The van der Waals surface area contributed by atoms with Crippen LogP contribution in [0.15, 0.2) is 59.8 Å². The van der Waals surface area contributed by atoms with Crippen molar-refractivity contribution in [3.63, 3.8) is 0 Å². The number of aryl methyl sites for hydroxylation is 1. The molecule has 2 aliphatic rings. The van der Waals surface area contributed by atoms with Crippen molar-refractivity contribution < 1.29 is 17.4 Å². The molecule has 0 bridgehead atoms. The van der Waals surface area contributed by atoms with Crippen LogP contribution in [0.4, 0.5) is 5.82 Å². The number of nitrogens with zero attached hydrogens (tertiary/aromatic N) is 5. The Morgan fingerprint density at radius 2 is 1.82 bits per heavy atom. The lowest BCUT2D eigenvalue weighted by Crippen LogP contribution is -2.44.